The van der Waals surface area contributed by atoms with Gasteiger partial charge in [-0.25, -0.2) is 4.79 Å². The van der Waals surface area contributed by atoms with E-state index in [0.29, 0.717) is 28.2 Å². The maximum absolute atomic E-state index is 10.7. The molecule has 128 valence electrons. The Morgan fingerprint density at radius 3 is 2.60 bits per heavy atom. The third-order valence-corrected chi connectivity index (χ3v) is 3.78. The molecule has 0 aromatic heterocycles. The number of nitriles is 1. The molecule has 0 heterocycles. The number of aliphatic carboxylic acids is 1. The van der Waals surface area contributed by atoms with E-state index in [9.17, 15) is 10.1 Å². The largest absolute Gasteiger partial charge is 0.490 e. The summed E-state index contributed by atoms with van der Waals surface area (Å²) in [5.41, 5.74) is 2.05. The number of hydrogen-bond donors (Lipinski definition) is 1. The molecule has 0 atom stereocenters. The van der Waals surface area contributed by atoms with Crippen molar-refractivity contribution in [3.05, 3.63) is 58.1 Å². The summed E-state index contributed by atoms with van der Waals surface area (Å²) in [5, 5.41) is 18.2. The molecule has 0 spiro atoms. The van der Waals surface area contributed by atoms with Crippen molar-refractivity contribution in [1.82, 2.24) is 0 Å². The second-order valence-corrected chi connectivity index (χ2v) is 5.84. The zero-order valence-electron chi connectivity index (χ0n) is 13.5. The van der Waals surface area contributed by atoms with Crippen LogP contribution in [0.3, 0.4) is 0 Å². The number of nitrogens with zero attached hydrogens (tertiary/aromatic N) is 1. The lowest BCUT2D eigenvalue weighted by atomic mass is 10.0. The molecule has 0 unspecified atom stereocenters. The van der Waals surface area contributed by atoms with Crippen LogP contribution in [0.5, 0.6) is 11.5 Å². The highest BCUT2D eigenvalue weighted by molar-refractivity contribution is 9.10. The van der Waals surface area contributed by atoms with Gasteiger partial charge < -0.3 is 14.6 Å². The SMILES string of the molecule is CCOc1cc(/C=C(\C#N)c2ccccc2)cc(Br)c1OCC(=O)O. The summed E-state index contributed by atoms with van der Waals surface area (Å²) < 4.78 is 11.4. The Hall–Kier alpha value is -2.78. The van der Waals surface area contributed by atoms with Crippen LogP contribution < -0.4 is 9.47 Å². The van der Waals surface area contributed by atoms with Crippen molar-refractivity contribution < 1.29 is 19.4 Å². The third kappa shape index (κ3) is 5.10. The Kier molecular flexibility index (Phi) is 6.61. The Bertz CT molecular complexity index is 825. The first-order valence-electron chi connectivity index (χ1n) is 7.53. The van der Waals surface area contributed by atoms with Crippen molar-refractivity contribution in [2.75, 3.05) is 13.2 Å². The van der Waals surface area contributed by atoms with E-state index in [2.05, 4.69) is 22.0 Å². The van der Waals surface area contributed by atoms with Gasteiger partial charge in [0.2, 0.25) is 0 Å². The van der Waals surface area contributed by atoms with Crippen LogP contribution in [0.1, 0.15) is 18.1 Å². The molecule has 0 amide bonds. The summed E-state index contributed by atoms with van der Waals surface area (Å²) in [5.74, 6) is -0.344. The highest BCUT2D eigenvalue weighted by Gasteiger charge is 2.14. The first-order valence-corrected chi connectivity index (χ1v) is 8.32. The van der Waals surface area contributed by atoms with E-state index in [1.54, 1.807) is 18.2 Å². The second kappa shape index (κ2) is 8.90. The number of hydrogen-bond acceptors (Lipinski definition) is 4. The molecule has 0 fully saturated rings. The summed E-state index contributed by atoms with van der Waals surface area (Å²) in [6.07, 6.45) is 1.74. The minimum atomic E-state index is -1.07. The first kappa shape index (κ1) is 18.6. The minimum absolute atomic E-state index is 0.319. The van der Waals surface area contributed by atoms with Crippen molar-refractivity contribution in [2.45, 2.75) is 6.92 Å². The van der Waals surface area contributed by atoms with E-state index in [-0.39, 0.29) is 0 Å². The van der Waals surface area contributed by atoms with E-state index >= 15 is 0 Å². The number of allylic oxidation sites excluding steroid dienone is 1. The van der Waals surface area contributed by atoms with Crippen LogP contribution >= 0.6 is 15.9 Å². The van der Waals surface area contributed by atoms with Crippen LogP contribution in [0, 0.1) is 11.3 Å². The quantitative estimate of drug-likeness (QED) is 0.550. The number of benzene rings is 2. The summed E-state index contributed by atoms with van der Waals surface area (Å²) in [6.45, 7) is 1.75. The normalized spacial score (nSPS) is 10.8. The summed E-state index contributed by atoms with van der Waals surface area (Å²) >= 11 is 3.38. The molecule has 0 aliphatic rings. The predicted molar refractivity (Wildman–Crippen MR) is 98.4 cm³/mol. The minimum Gasteiger partial charge on any atom is -0.490 e. The van der Waals surface area contributed by atoms with Gasteiger partial charge in [-0.05, 0) is 52.2 Å². The molecule has 2 rings (SSSR count). The van der Waals surface area contributed by atoms with E-state index in [4.69, 9.17) is 14.6 Å². The monoisotopic (exact) mass is 401 g/mol. The van der Waals surface area contributed by atoms with Gasteiger partial charge in [0.15, 0.2) is 18.1 Å². The van der Waals surface area contributed by atoms with Gasteiger partial charge >= 0.3 is 5.97 Å². The topological polar surface area (TPSA) is 79.5 Å². The number of carboxylic acids is 1. The van der Waals surface area contributed by atoms with Crippen LogP contribution in [-0.4, -0.2) is 24.3 Å². The summed E-state index contributed by atoms with van der Waals surface area (Å²) in [7, 11) is 0. The fourth-order valence-corrected chi connectivity index (χ4v) is 2.75. The Balaban J connectivity index is 2.43. The lowest BCUT2D eigenvalue weighted by Crippen LogP contribution is -2.10. The number of rotatable bonds is 7. The molecule has 0 aliphatic carbocycles. The fraction of sp³-hybridized carbons (Fsp3) is 0.158. The first-order chi connectivity index (χ1) is 12.0. The van der Waals surface area contributed by atoms with Gasteiger partial charge in [0.1, 0.15) is 0 Å². The van der Waals surface area contributed by atoms with Gasteiger partial charge in [0.25, 0.3) is 0 Å². The summed E-state index contributed by atoms with van der Waals surface area (Å²) in [6, 6.07) is 15.0. The zero-order chi connectivity index (χ0) is 18.2. The van der Waals surface area contributed by atoms with Gasteiger partial charge in [-0.1, -0.05) is 30.3 Å². The van der Waals surface area contributed by atoms with Gasteiger partial charge in [0, 0.05) is 0 Å². The molecule has 0 aliphatic heterocycles. The van der Waals surface area contributed by atoms with Crippen LogP contribution in [0.15, 0.2) is 46.9 Å². The molecular formula is C19H16BrNO4. The molecule has 5 nitrogen and oxygen atoms in total. The van der Waals surface area contributed by atoms with Crippen molar-refractivity contribution in [3.63, 3.8) is 0 Å². The van der Waals surface area contributed by atoms with E-state index in [1.165, 1.54) is 0 Å². The zero-order valence-corrected chi connectivity index (χ0v) is 15.1. The summed E-state index contributed by atoms with van der Waals surface area (Å²) in [4.78, 5) is 10.7. The van der Waals surface area contributed by atoms with Gasteiger partial charge in [-0.3, -0.25) is 0 Å². The lowest BCUT2D eigenvalue weighted by molar-refractivity contribution is -0.139. The van der Waals surface area contributed by atoms with E-state index < -0.39 is 12.6 Å². The average molecular weight is 402 g/mol. The molecule has 0 saturated heterocycles. The van der Waals surface area contributed by atoms with Crippen molar-refractivity contribution >= 4 is 33.5 Å². The van der Waals surface area contributed by atoms with E-state index in [0.717, 1.165) is 11.1 Å². The number of carboxylic acid groups (broad SMARTS) is 1. The molecule has 2 aromatic carbocycles. The second-order valence-electron chi connectivity index (χ2n) is 4.98. The average Bonchev–Trinajstić information content (AvgIpc) is 2.59. The lowest BCUT2D eigenvalue weighted by Gasteiger charge is -2.13. The van der Waals surface area contributed by atoms with Gasteiger partial charge in [-0.15, -0.1) is 0 Å². The number of halogens is 1. The molecule has 6 heteroatoms. The Morgan fingerprint density at radius 2 is 2.00 bits per heavy atom. The third-order valence-electron chi connectivity index (χ3n) is 3.19. The predicted octanol–water partition coefficient (Wildman–Crippen LogP) is 4.38. The van der Waals surface area contributed by atoms with Crippen molar-refractivity contribution in [1.29, 1.82) is 5.26 Å². The van der Waals surface area contributed by atoms with Gasteiger partial charge in [0.05, 0.1) is 22.7 Å². The van der Waals surface area contributed by atoms with Crippen LogP contribution in [0.25, 0.3) is 11.6 Å². The Labute approximate surface area is 154 Å². The molecule has 0 saturated carbocycles. The Morgan fingerprint density at radius 1 is 1.28 bits per heavy atom. The standard InChI is InChI=1S/C19H16BrNO4/c1-2-24-17-10-13(9-16(20)19(17)25-12-18(22)23)8-15(11-21)14-6-4-3-5-7-14/h3-10H,2,12H2,1H3,(H,22,23)/b15-8+. The fourth-order valence-electron chi connectivity index (χ4n) is 2.17. The maximum Gasteiger partial charge on any atom is 0.341 e. The van der Waals surface area contributed by atoms with Crippen LogP contribution in [0.4, 0.5) is 0 Å². The molecular weight excluding hydrogens is 386 g/mol. The molecule has 25 heavy (non-hydrogen) atoms. The smallest absolute Gasteiger partial charge is 0.341 e. The highest BCUT2D eigenvalue weighted by atomic mass is 79.9. The van der Waals surface area contributed by atoms with Crippen molar-refractivity contribution in [2.24, 2.45) is 0 Å². The molecule has 0 radical (unpaired) electrons. The number of ether oxygens (including phenoxy) is 2. The molecule has 2 aromatic rings. The van der Waals surface area contributed by atoms with Crippen LogP contribution in [0.2, 0.25) is 0 Å². The van der Waals surface area contributed by atoms with Crippen LogP contribution in [-0.2, 0) is 4.79 Å². The molecule has 1 N–H and O–H groups in total. The maximum atomic E-state index is 10.7. The highest BCUT2D eigenvalue weighted by Crippen LogP contribution is 2.38. The number of carbonyl (C=O) groups is 1. The molecule has 0 bridgehead atoms. The van der Waals surface area contributed by atoms with E-state index in [1.807, 2.05) is 37.3 Å². The van der Waals surface area contributed by atoms with Crippen molar-refractivity contribution in [3.8, 4) is 17.6 Å². The van der Waals surface area contributed by atoms with Gasteiger partial charge in [-0.2, -0.15) is 5.26 Å².